The molecular formula is C12H12O4. The van der Waals surface area contributed by atoms with Crippen LogP contribution in [0.5, 0.6) is 5.75 Å². The van der Waals surface area contributed by atoms with Gasteiger partial charge < -0.3 is 9.84 Å². The van der Waals surface area contributed by atoms with E-state index in [0.29, 0.717) is 16.9 Å². The summed E-state index contributed by atoms with van der Waals surface area (Å²) in [4.78, 5) is 21.1. The fourth-order valence-electron chi connectivity index (χ4n) is 1.40. The standard InChI is InChI=1S/C12H12O4/c1-8-5-9(7-13)6-11(16-2)10(8)3-4-12(14)15/h3-7H,1-2H3,(H,14,15)/b4-3+. The van der Waals surface area contributed by atoms with Gasteiger partial charge in [0.25, 0.3) is 0 Å². The van der Waals surface area contributed by atoms with Crippen molar-refractivity contribution in [3.63, 3.8) is 0 Å². The Morgan fingerprint density at radius 3 is 2.62 bits per heavy atom. The molecule has 1 aromatic rings. The van der Waals surface area contributed by atoms with Crippen molar-refractivity contribution in [3.8, 4) is 5.75 Å². The SMILES string of the molecule is COc1cc(C=O)cc(C)c1/C=C/C(=O)O. The van der Waals surface area contributed by atoms with E-state index in [-0.39, 0.29) is 0 Å². The van der Waals surface area contributed by atoms with Crippen LogP contribution in [0.1, 0.15) is 21.5 Å². The Morgan fingerprint density at radius 2 is 2.12 bits per heavy atom. The van der Waals surface area contributed by atoms with Crippen LogP contribution in [0.4, 0.5) is 0 Å². The molecule has 0 amide bonds. The average Bonchev–Trinajstić information content (AvgIpc) is 2.26. The van der Waals surface area contributed by atoms with Gasteiger partial charge in [0.2, 0.25) is 0 Å². The number of ether oxygens (including phenoxy) is 1. The quantitative estimate of drug-likeness (QED) is 0.622. The lowest BCUT2D eigenvalue weighted by Gasteiger charge is -2.08. The molecule has 1 N–H and O–H groups in total. The number of methoxy groups -OCH3 is 1. The highest BCUT2D eigenvalue weighted by molar-refractivity contribution is 5.87. The lowest BCUT2D eigenvalue weighted by Crippen LogP contribution is -1.94. The van der Waals surface area contributed by atoms with Gasteiger partial charge in [-0.3, -0.25) is 4.79 Å². The van der Waals surface area contributed by atoms with Gasteiger partial charge in [-0.2, -0.15) is 0 Å². The van der Waals surface area contributed by atoms with E-state index in [1.165, 1.54) is 13.2 Å². The molecule has 0 heterocycles. The molecule has 0 saturated carbocycles. The first-order valence-corrected chi connectivity index (χ1v) is 4.63. The summed E-state index contributed by atoms with van der Waals surface area (Å²) in [5, 5.41) is 8.55. The largest absolute Gasteiger partial charge is 0.496 e. The second-order valence-electron chi connectivity index (χ2n) is 3.24. The second kappa shape index (κ2) is 5.11. The minimum Gasteiger partial charge on any atom is -0.496 e. The Labute approximate surface area is 93.2 Å². The lowest BCUT2D eigenvalue weighted by atomic mass is 10.0. The van der Waals surface area contributed by atoms with E-state index in [4.69, 9.17) is 9.84 Å². The topological polar surface area (TPSA) is 63.6 Å². The van der Waals surface area contributed by atoms with E-state index in [2.05, 4.69) is 0 Å². The van der Waals surface area contributed by atoms with Gasteiger partial charge in [-0.05, 0) is 30.7 Å². The van der Waals surface area contributed by atoms with Crippen LogP contribution < -0.4 is 4.74 Å². The summed E-state index contributed by atoms with van der Waals surface area (Å²) in [6.45, 7) is 1.79. The number of aldehydes is 1. The molecule has 0 bridgehead atoms. The molecule has 4 heteroatoms. The highest BCUT2D eigenvalue weighted by atomic mass is 16.5. The normalized spacial score (nSPS) is 10.4. The van der Waals surface area contributed by atoms with Crippen molar-refractivity contribution >= 4 is 18.3 Å². The molecule has 1 rings (SSSR count). The van der Waals surface area contributed by atoms with Crippen LogP contribution in [-0.2, 0) is 4.79 Å². The van der Waals surface area contributed by atoms with Crippen LogP contribution in [0.2, 0.25) is 0 Å². The first kappa shape index (κ1) is 12.0. The molecular weight excluding hydrogens is 208 g/mol. The molecule has 1 aromatic carbocycles. The smallest absolute Gasteiger partial charge is 0.328 e. The third kappa shape index (κ3) is 2.70. The molecule has 0 unspecified atom stereocenters. The van der Waals surface area contributed by atoms with Crippen LogP contribution in [0.15, 0.2) is 18.2 Å². The van der Waals surface area contributed by atoms with Crippen molar-refractivity contribution < 1.29 is 19.4 Å². The number of rotatable bonds is 4. The van der Waals surface area contributed by atoms with Gasteiger partial charge in [-0.1, -0.05) is 0 Å². The lowest BCUT2D eigenvalue weighted by molar-refractivity contribution is -0.131. The maximum absolute atomic E-state index is 10.6. The fraction of sp³-hybridized carbons (Fsp3) is 0.167. The zero-order chi connectivity index (χ0) is 12.1. The minimum absolute atomic E-state index is 0.486. The summed E-state index contributed by atoms with van der Waals surface area (Å²) >= 11 is 0. The molecule has 0 atom stereocenters. The molecule has 16 heavy (non-hydrogen) atoms. The van der Waals surface area contributed by atoms with Crippen LogP contribution in [0.3, 0.4) is 0 Å². The number of carboxylic acid groups (broad SMARTS) is 1. The maximum atomic E-state index is 10.6. The number of aryl methyl sites for hydroxylation is 1. The van der Waals surface area contributed by atoms with Gasteiger partial charge in [-0.15, -0.1) is 0 Å². The zero-order valence-electron chi connectivity index (χ0n) is 9.06. The van der Waals surface area contributed by atoms with Crippen LogP contribution in [0, 0.1) is 6.92 Å². The molecule has 0 aliphatic rings. The molecule has 0 aliphatic carbocycles. The molecule has 4 nitrogen and oxygen atoms in total. The number of aliphatic carboxylic acids is 1. The van der Waals surface area contributed by atoms with E-state index in [1.54, 1.807) is 19.1 Å². The highest BCUT2D eigenvalue weighted by Crippen LogP contribution is 2.25. The van der Waals surface area contributed by atoms with Crippen LogP contribution >= 0.6 is 0 Å². The maximum Gasteiger partial charge on any atom is 0.328 e. The molecule has 0 radical (unpaired) electrons. The first-order chi connectivity index (χ1) is 7.58. The van der Waals surface area contributed by atoms with E-state index in [9.17, 15) is 9.59 Å². The van der Waals surface area contributed by atoms with Crippen molar-refractivity contribution in [3.05, 3.63) is 34.9 Å². The molecule has 0 fully saturated rings. The summed E-state index contributed by atoms with van der Waals surface area (Å²) in [7, 11) is 1.47. The van der Waals surface area contributed by atoms with Crippen LogP contribution in [0.25, 0.3) is 6.08 Å². The third-order valence-corrected chi connectivity index (χ3v) is 2.12. The third-order valence-electron chi connectivity index (χ3n) is 2.12. The van der Waals surface area contributed by atoms with E-state index >= 15 is 0 Å². The predicted molar refractivity (Wildman–Crippen MR) is 59.8 cm³/mol. The van der Waals surface area contributed by atoms with Gasteiger partial charge in [-0.25, -0.2) is 4.79 Å². The number of hydrogen-bond acceptors (Lipinski definition) is 3. The average molecular weight is 220 g/mol. The molecule has 84 valence electrons. The summed E-state index contributed by atoms with van der Waals surface area (Å²) in [5.41, 5.74) is 1.95. The second-order valence-corrected chi connectivity index (χ2v) is 3.24. The Kier molecular flexibility index (Phi) is 3.83. The van der Waals surface area contributed by atoms with Gasteiger partial charge in [0.15, 0.2) is 0 Å². The van der Waals surface area contributed by atoms with Gasteiger partial charge >= 0.3 is 5.97 Å². The zero-order valence-corrected chi connectivity index (χ0v) is 9.06. The number of benzene rings is 1. The van der Waals surface area contributed by atoms with Crippen molar-refractivity contribution in [2.24, 2.45) is 0 Å². The number of hydrogen-bond donors (Lipinski definition) is 1. The van der Waals surface area contributed by atoms with Crippen molar-refractivity contribution in [1.82, 2.24) is 0 Å². The first-order valence-electron chi connectivity index (χ1n) is 4.63. The van der Waals surface area contributed by atoms with E-state index in [1.807, 2.05) is 0 Å². The van der Waals surface area contributed by atoms with E-state index in [0.717, 1.165) is 17.9 Å². The summed E-state index contributed by atoms with van der Waals surface area (Å²) in [6.07, 6.45) is 3.21. The molecule has 0 saturated heterocycles. The number of carboxylic acids is 1. The van der Waals surface area contributed by atoms with E-state index < -0.39 is 5.97 Å². The van der Waals surface area contributed by atoms with Crippen molar-refractivity contribution in [1.29, 1.82) is 0 Å². The summed E-state index contributed by atoms with van der Waals surface area (Å²) in [6, 6.07) is 3.25. The van der Waals surface area contributed by atoms with Crippen LogP contribution in [-0.4, -0.2) is 24.5 Å². The Morgan fingerprint density at radius 1 is 1.44 bits per heavy atom. The minimum atomic E-state index is -1.03. The number of carbonyl (C=O) groups excluding carboxylic acids is 1. The molecule has 0 spiro atoms. The molecule has 0 aliphatic heterocycles. The van der Waals surface area contributed by atoms with Gasteiger partial charge in [0.1, 0.15) is 12.0 Å². The predicted octanol–water partition coefficient (Wildman–Crippen LogP) is 1.91. The number of carbonyl (C=O) groups is 2. The Hall–Kier alpha value is -2.10. The Bertz CT molecular complexity index is 447. The fourth-order valence-corrected chi connectivity index (χ4v) is 1.40. The summed E-state index contributed by atoms with van der Waals surface area (Å²) in [5.74, 6) is -0.541. The molecule has 0 aromatic heterocycles. The van der Waals surface area contributed by atoms with Crippen molar-refractivity contribution in [2.75, 3.05) is 7.11 Å². The monoisotopic (exact) mass is 220 g/mol. The highest BCUT2D eigenvalue weighted by Gasteiger charge is 2.06. The Balaban J connectivity index is 3.26. The van der Waals surface area contributed by atoms with Gasteiger partial charge in [0, 0.05) is 17.2 Å². The van der Waals surface area contributed by atoms with Gasteiger partial charge in [0.05, 0.1) is 7.11 Å². The van der Waals surface area contributed by atoms with Crippen molar-refractivity contribution in [2.45, 2.75) is 6.92 Å². The summed E-state index contributed by atoms with van der Waals surface area (Å²) < 4.78 is 5.10.